The molecule has 17 heavy (non-hydrogen) atoms. The van der Waals surface area contributed by atoms with Gasteiger partial charge in [-0.25, -0.2) is 9.48 Å². The smallest absolute Gasteiger partial charge is 0.358 e. The molecule has 0 aliphatic rings. The number of aryl methyl sites for hydroxylation is 1. The Balaban J connectivity index is 2.81. The van der Waals surface area contributed by atoms with Gasteiger partial charge in [0.15, 0.2) is 5.69 Å². The maximum absolute atomic E-state index is 11.0. The molecule has 0 spiro atoms. The lowest BCUT2D eigenvalue weighted by molar-refractivity contribution is 0.0688. The van der Waals surface area contributed by atoms with Crippen molar-refractivity contribution in [3.05, 3.63) is 11.4 Å². The van der Waals surface area contributed by atoms with Crippen molar-refractivity contribution in [1.82, 2.24) is 15.0 Å². The predicted molar refractivity (Wildman–Crippen MR) is 65.1 cm³/mol. The van der Waals surface area contributed by atoms with Crippen molar-refractivity contribution in [3.8, 4) is 0 Å². The fourth-order valence-corrected chi connectivity index (χ4v) is 1.86. The van der Waals surface area contributed by atoms with Crippen LogP contribution < -0.4 is 0 Å². The Kier molecular flexibility index (Phi) is 4.66. The van der Waals surface area contributed by atoms with Crippen LogP contribution in [0.1, 0.15) is 62.6 Å². The van der Waals surface area contributed by atoms with Crippen LogP contribution in [0.2, 0.25) is 0 Å². The highest BCUT2D eigenvalue weighted by atomic mass is 16.4. The molecule has 0 saturated heterocycles. The van der Waals surface area contributed by atoms with Gasteiger partial charge in [-0.3, -0.25) is 0 Å². The minimum absolute atomic E-state index is 0.0875. The van der Waals surface area contributed by atoms with Crippen molar-refractivity contribution < 1.29 is 9.90 Å². The summed E-state index contributed by atoms with van der Waals surface area (Å²) in [5.74, 6) is -0.223. The second kappa shape index (κ2) is 5.80. The lowest BCUT2D eigenvalue weighted by atomic mass is 10.1. The molecular formula is C12H21N3O2. The van der Waals surface area contributed by atoms with E-state index in [0.717, 1.165) is 25.1 Å². The third-order valence-corrected chi connectivity index (χ3v) is 2.67. The Bertz CT molecular complexity index is 383. The highest BCUT2D eigenvalue weighted by Gasteiger charge is 2.20. The number of aromatic nitrogens is 3. The Morgan fingerprint density at radius 1 is 1.35 bits per heavy atom. The quantitative estimate of drug-likeness (QED) is 0.828. The van der Waals surface area contributed by atoms with Crippen LogP contribution in [0.3, 0.4) is 0 Å². The first-order valence-electron chi connectivity index (χ1n) is 6.10. The molecule has 0 aliphatic heterocycles. The van der Waals surface area contributed by atoms with E-state index in [4.69, 9.17) is 5.11 Å². The number of hydrogen-bond acceptors (Lipinski definition) is 3. The zero-order valence-corrected chi connectivity index (χ0v) is 11.0. The number of aromatic carboxylic acids is 1. The first kappa shape index (κ1) is 13.7. The summed E-state index contributed by atoms with van der Waals surface area (Å²) in [6, 6.07) is 0. The van der Waals surface area contributed by atoms with Crippen molar-refractivity contribution in [2.24, 2.45) is 5.92 Å². The average Bonchev–Trinajstić information content (AvgIpc) is 2.61. The molecule has 0 aromatic carbocycles. The summed E-state index contributed by atoms with van der Waals surface area (Å²) < 4.78 is 1.73. The maximum atomic E-state index is 11.0. The van der Waals surface area contributed by atoms with Crippen LogP contribution in [0.5, 0.6) is 0 Å². The number of nitrogens with zero attached hydrogens (tertiary/aromatic N) is 3. The van der Waals surface area contributed by atoms with Crippen molar-refractivity contribution in [1.29, 1.82) is 0 Å². The number of carboxylic acid groups (broad SMARTS) is 1. The Hall–Kier alpha value is -1.39. The number of carbonyl (C=O) groups is 1. The molecule has 0 fully saturated rings. The van der Waals surface area contributed by atoms with Gasteiger partial charge in [-0.2, -0.15) is 0 Å². The largest absolute Gasteiger partial charge is 0.476 e. The second-order valence-corrected chi connectivity index (χ2v) is 5.04. The highest BCUT2D eigenvalue weighted by molar-refractivity contribution is 5.86. The lowest BCUT2D eigenvalue weighted by Gasteiger charge is -2.10. The van der Waals surface area contributed by atoms with E-state index in [9.17, 15) is 4.79 Å². The summed E-state index contributed by atoms with van der Waals surface area (Å²) in [6.45, 7) is 9.01. The van der Waals surface area contributed by atoms with Crippen molar-refractivity contribution in [2.45, 2.75) is 53.0 Å². The summed E-state index contributed by atoms with van der Waals surface area (Å²) in [5, 5.41) is 16.7. The molecule has 1 rings (SSSR count). The molecule has 0 atom stereocenters. The molecule has 1 N–H and O–H groups in total. The molecule has 1 aromatic heterocycles. The van der Waals surface area contributed by atoms with Gasteiger partial charge >= 0.3 is 5.97 Å². The van der Waals surface area contributed by atoms with E-state index in [2.05, 4.69) is 24.2 Å². The molecule has 96 valence electrons. The Morgan fingerprint density at radius 2 is 2.00 bits per heavy atom. The first-order valence-corrected chi connectivity index (χ1v) is 6.10. The van der Waals surface area contributed by atoms with Crippen LogP contribution in [0.15, 0.2) is 0 Å². The normalized spacial score (nSPS) is 11.4. The lowest BCUT2D eigenvalue weighted by Crippen LogP contribution is -2.10. The minimum Gasteiger partial charge on any atom is -0.476 e. The molecule has 0 saturated carbocycles. The molecular weight excluding hydrogens is 218 g/mol. The molecule has 0 aliphatic carbocycles. The maximum Gasteiger partial charge on any atom is 0.358 e. The van der Waals surface area contributed by atoms with Crippen LogP contribution in [0.4, 0.5) is 0 Å². The van der Waals surface area contributed by atoms with E-state index in [0.29, 0.717) is 5.92 Å². The monoisotopic (exact) mass is 239 g/mol. The highest BCUT2D eigenvalue weighted by Crippen LogP contribution is 2.18. The Labute approximate surface area is 102 Å². The summed E-state index contributed by atoms with van der Waals surface area (Å²) >= 11 is 0. The third kappa shape index (κ3) is 3.54. The van der Waals surface area contributed by atoms with E-state index in [1.165, 1.54) is 0 Å². The van der Waals surface area contributed by atoms with Gasteiger partial charge in [0.1, 0.15) is 0 Å². The fourth-order valence-electron chi connectivity index (χ4n) is 1.86. The molecule has 5 heteroatoms. The molecule has 1 heterocycles. The molecule has 0 radical (unpaired) electrons. The van der Waals surface area contributed by atoms with Crippen molar-refractivity contribution in [3.63, 3.8) is 0 Å². The molecule has 0 unspecified atom stereocenters. The van der Waals surface area contributed by atoms with E-state index >= 15 is 0 Å². The van der Waals surface area contributed by atoms with Gasteiger partial charge < -0.3 is 5.11 Å². The van der Waals surface area contributed by atoms with E-state index < -0.39 is 5.97 Å². The fraction of sp³-hybridized carbons (Fsp3) is 0.750. The van der Waals surface area contributed by atoms with Gasteiger partial charge in [-0.15, -0.1) is 5.10 Å². The SMILES string of the molecule is CC(C)CCCn1nnc(C(=O)O)c1C(C)C. The molecule has 5 nitrogen and oxygen atoms in total. The van der Waals surface area contributed by atoms with Crippen LogP contribution in [-0.2, 0) is 6.54 Å². The molecule has 1 aromatic rings. The summed E-state index contributed by atoms with van der Waals surface area (Å²) in [4.78, 5) is 11.0. The summed E-state index contributed by atoms with van der Waals surface area (Å²) in [5.41, 5.74) is 0.811. The standard InChI is InChI=1S/C12H21N3O2/c1-8(2)6-5-7-15-11(9(3)4)10(12(16)17)13-14-15/h8-9H,5-7H2,1-4H3,(H,16,17). The van der Waals surface area contributed by atoms with E-state index in [1.807, 2.05) is 13.8 Å². The average molecular weight is 239 g/mol. The van der Waals surface area contributed by atoms with Gasteiger partial charge in [-0.05, 0) is 24.7 Å². The zero-order chi connectivity index (χ0) is 13.0. The number of carboxylic acids is 1. The van der Waals surface area contributed by atoms with Crippen molar-refractivity contribution >= 4 is 5.97 Å². The molecule has 0 bridgehead atoms. The van der Waals surface area contributed by atoms with Crippen LogP contribution >= 0.6 is 0 Å². The second-order valence-electron chi connectivity index (χ2n) is 5.04. The van der Waals surface area contributed by atoms with Crippen LogP contribution in [-0.4, -0.2) is 26.1 Å². The Morgan fingerprint density at radius 3 is 2.47 bits per heavy atom. The number of hydrogen-bond donors (Lipinski definition) is 1. The van der Waals surface area contributed by atoms with Gasteiger partial charge in [0.05, 0.1) is 5.69 Å². The molecule has 0 amide bonds. The zero-order valence-electron chi connectivity index (χ0n) is 11.0. The third-order valence-electron chi connectivity index (χ3n) is 2.67. The van der Waals surface area contributed by atoms with Crippen molar-refractivity contribution in [2.75, 3.05) is 0 Å². The van der Waals surface area contributed by atoms with Gasteiger partial charge in [0.25, 0.3) is 0 Å². The summed E-state index contributed by atoms with van der Waals surface area (Å²) in [7, 11) is 0. The number of rotatable bonds is 6. The summed E-state index contributed by atoms with van der Waals surface area (Å²) in [6.07, 6.45) is 2.11. The van der Waals surface area contributed by atoms with Gasteiger partial charge in [-0.1, -0.05) is 32.9 Å². The van der Waals surface area contributed by atoms with Gasteiger partial charge in [0, 0.05) is 6.54 Å². The minimum atomic E-state index is -0.996. The predicted octanol–water partition coefficient (Wildman–Crippen LogP) is 2.54. The van der Waals surface area contributed by atoms with Crippen LogP contribution in [0.25, 0.3) is 0 Å². The van der Waals surface area contributed by atoms with Gasteiger partial charge in [0.2, 0.25) is 0 Å². The topological polar surface area (TPSA) is 68.0 Å². The van der Waals surface area contributed by atoms with Crippen LogP contribution in [0, 0.1) is 5.92 Å². The van der Waals surface area contributed by atoms with E-state index in [-0.39, 0.29) is 11.6 Å². The van der Waals surface area contributed by atoms with E-state index in [1.54, 1.807) is 4.68 Å². The first-order chi connectivity index (χ1) is 7.93.